The molecule has 0 unspecified atom stereocenters. The number of phenolic OH excluding ortho intramolecular Hbond substituents is 1. The second-order valence-electron chi connectivity index (χ2n) is 6.75. The van der Waals surface area contributed by atoms with Crippen LogP contribution in [0, 0.1) is 28.8 Å². The number of halogens is 3. The number of nitriles is 1. The van der Waals surface area contributed by atoms with Crippen LogP contribution in [-0.2, 0) is 0 Å². The number of amides is 2. The summed E-state index contributed by atoms with van der Waals surface area (Å²) < 4.78 is 46.9. The molecule has 0 saturated heterocycles. The lowest BCUT2D eigenvalue weighted by atomic mass is 10.1. The van der Waals surface area contributed by atoms with E-state index in [1.54, 1.807) is 0 Å². The fraction of sp³-hybridized carbons (Fsp3) is 0. The Labute approximate surface area is 184 Å². The Morgan fingerprint density at radius 3 is 2.33 bits per heavy atom. The van der Waals surface area contributed by atoms with Gasteiger partial charge in [0.2, 0.25) is 0 Å². The van der Waals surface area contributed by atoms with Gasteiger partial charge >= 0.3 is 6.03 Å². The number of anilines is 2. The lowest BCUT2D eigenvalue weighted by Gasteiger charge is -2.12. The molecule has 7 nitrogen and oxygen atoms in total. The molecular weight excluding hydrogens is 437 g/mol. The van der Waals surface area contributed by atoms with Gasteiger partial charge in [0.15, 0.2) is 0 Å². The van der Waals surface area contributed by atoms with Crippen molar-refractivity contribution in [2.75, 3.05) is 10.6 Å². The molecule has 0 aliphatic heterocycles. The highest BCUT2D eigenvalue weighted by Gasteiger charge is 2.13. The molecule has 0 saturated carbocycles. The molecule has 0 aliphatic carbocycles. The Morgan fingerprint density at radius 1 is 0.970 bits per heavy atom. The topological polar surface area (TPSA) is 107 Å². The van der Waals surface area contributed by atoms with Crippen molar-refractivity contribution in [3.63, 3.8) is 0 Å². The predicted molar refractivity (Wildman–Crippen MR) is 114 cm³/mol. The van der Waals surface area contributed by atoms with Crippen molar-refractivity contribution in [1.82, 2.24) is 4.98 Å². The summed E-state index contributed by atoms with van der Waals surface area (Å²) in [5, 5.41) is 23.8. The number of carbonyl (C=O) groups excluding carboxylic acids is 1. The number of hydrogen-bond acceptors (Lipinski definition) is 5. The van der Waals surface area contributed by atoms with E-state index in [0.717, 1.165) is 18.2 Å². The van der Waals surface area contributed by atoms with Crippen molar-refractivity contribution in [2.45, 2.75) is 0 Å². The largest absolute Gasteiger partial charge is 0.506 e. The SMILES string of the molecule is N#Cc1cc2c(Oc3ccc(NC(=O)Nc4ccc(F)cc4F)c(F)c3)ccnc2cc1O. The Morgan fingerprint density at radius 2 is 1.67 bits per heavy atom. The minimum absolute atomic E-state index is 0.0229. The third-order valence-corrected chi connectivity index (χ3v) is 4.54. The minimum Gasteiger partial charge on any atom is -0.506 e. The van der Waals surface area contributed by atoms with Gasteiger partial charge in [-0.15, -0.1) is 0 Å². The molecule has 4 rings (SSSR count). The van der Waals surface area contributed by atoms with Crippen LogP contribution < -0.4 is 15.4 Å². The number of pyridine rings is 1. The van der Waals surface area contributed by atoms with Gasteiger partial charge in [-0.05, 0) is 36.4 Å². The van der Waals surface area contributed by atoms with Crippen LogP contribution in [0.3, 0.4) is 0 Å². The monoisotopic (exact) mass is 450 g/mol. The predicted octanol–water partition coefficient (Wildman–Crippen LogP) is 5.67. The van der Waals surface area contributed by atoms with Gasteiger partial charge in [-0.3, -0.25) is 4.98 Å². The first-order valence-corrected chi connectivity index (χ1v) is 9.36. The van der Waals surface area contributed by atoms with Crippen LogP contribution in [-0.4, -0.2) is 16.1 Å². The van der Waals surface area contributed by atoms with E-state index in [1.165, 1.54) is 36.5 Å². The van der Waals surface area contributed by atoms with E-state index in [9.17, 15) is 23.1 Å². The lowest BCUT2D eigenvalue weighted by molar-refractivity contribution is 0.262. The first kappa shape index (κ1) is 21.5. The Hall–Kier alpha value is -4.78. The third kappa shape index (κ3) is 4.62. The normalized spacial score (nSPS) is 10.5. The van der Waals surface area contributed by atoms with Crippen molar-refractivity contribution in [2.24, 2.45) is 0 Å². The Kier molecular flexibility index (Phi) is 5.69. The summed E-state index contributed by atoms with van der Waals surface area (Å²) in [7, 11) is 0. The quantitative estimate of drug-likeness (QED) is 0.372. The maximum absolute atomic E-state index is 14.5. The molecule has 33 heavy (non-hydrogen) atoms. The summed E-state index contributed by atoms with van der Waals surface area (Å²) in [6.07, 6.45) is 1.42. The summed E-state index contributed by atoms with van der Waals surface area (Å²) in [6.45, 7) is 0. The van der Waals surface area contributed by atoms with E-state index in [-0.39, 0.29) is 34.2 Å². The molecule has 10 heteroatoms. The first-order chi connectivity index (χ1) is 15.8. The molecule has 0 spiro atoms. The van der Waals surface area contributed by atoms with E-state index in [4.69, 9.17) is 10.00 Å². The number of urea groups is 1. The smallest absolute Gasteiger partial charge is 0.323 e. The van der Waals surface area contributed by atoms with Gasteiger partial charge in [-0.25, -0.2) is 18.0 Å². The molecule has 0 aliphatic rings. The van der Waals surface area contributed by atoms with Gasteiger partial charge in [-0.2, -0.15) is 5.26 Å². The van der Waals surface area contributed by atoms with Crippen LogP contribution in [0.2, 0.25) is 0 Å². The highest BCUT2D eigenvalue weighted by atomic mass is 19.1. The molecule has 3 N–H and O–H groups in total. The number of nitrogens with one attached hydrogen (secondary N) is 2. The number of aromatic nitrogens is 1. The molecule has 1 heterocycles. The van der Waals surface area contributed by atoms with Crippen molar-refractivity contribution >= 4 is 28.3 Å². The summed E-state index contributed by atoms with van der Waals surface area (Å²) in [5.41, 5.74) is -0.0950. The number of ether oxygens (including phenoxy) is 1. The van der Waals surface area contributed by atoms with E-state index in [0.29, 0.717) is 17.0 Å². The Bertz CT molecular complexity index is 1440. The van der Waals surface area contributed by atoms with Crippen LogP contribution in [0.4, 0.5) is 29.3 Å². The zero-order valence-electron chi connectivity index (χ0n) is 16.6. The Balaban J connectivity index is 1.52. The average molecular weight is 450 g/mol. The van der Waals surface area contributed by atoms with Crippen LogP contribution >= 0.6 is 0 Å². The minimum atomic E-state index is -0.980. The number of aromatic hydroxyl groups is 1. The van der Waals surface area contributed by atoms with Crippen molar-refractivity contribution in [3.8, 4) is 23.3 Å². The molecule has 164 valence electrons. The number of fused-ring (bicyclic) bond motifs is 1. The van der Waals surface area contributed by atoms with Gasteiger partial charge in [0.05, 0.1) is 22.5 Å². The molecule has 0 radical (unpaired) electrons. The number of rotatable bonds is 4. The summed E-state index contributed by atoms with van der Waals surface area (Å²) >= 11 is 0. The second kappa shape index (κ2) is 8.76. The lowest BCUT2D eigenvalue weighted by Crippen LogP contribution is -2.20. The van der Waals surface area contributed by atoms with E-state index in [1.807, 2.05) is 6.07 Å². The summed E-state index contributed by atoms with van der Waals surface area (Å²) in [6, 6.07) is 11.4. The highest BCUT2D eigenvalue weighted by Crippen LogP contribution is 2.33. The van der Waals surface area contributed by atoms with Crippen molar-refractivity contribution in [3.05, 3.63) is 83.8 Å². The molecular formula is C23H13F3N4O3. The number of phenols is 1. The third-order valence-electron chi connectivity index (χ3n) is 4.54. The number of carbonyl (C=O) groups is 1. The molecule has 0 bridgehead atoms. The zero-order valence-corrected chi connectivity index (χ0v) is 16.6. The number of benzene rings is 3. The highest BCUT2D eigenvalue weighted by molar-refractivity contribution is 6.00. The van der Waals surface area contributed by atoms with Gasteiger partial charge in [-0.1, -0.05) is 0 Å². The van der Waals surface area contributed by atoms with Gasteiger partial charge in [0, 0.05) is 29.8 Å². The van der Waals surface area contributed by atoms with Gasteiger partial charge < -0.3 is 20.5 Å². The maximum atomic E-state index is 14.5. The molecule has 3 aromatic carbocycles. The van der Waals surface area contributed by atoms with E-state index in [2.05, 4.69) is 15.6 Å². The second-order valence-corrected chi connectivity index (χ2v) is 6.75. The van der Waals surface area contributed by atoms with Crippen molar-refractivity contribution in [1.29, 1.82) is 5.26 Å². The van der Waals surface area contributed by atoms with Gasteiger partial charge in [0.1, 0.15) is 40.8 Å². The van der Waals surface area contributed by atoms with Crippen LogP contribution in [0.1, 0.15) is 5.56 Å². The average Bonchev–Trinajstić information content (AvgIpc) is 2.77. The van der Waals surface area contributed by atoms with Crippen LogP contribution in [0.15, 0.2) is 60.8 Å². The van der Waals surface area contributed by atoms with Crippen molar-refractivity contribution < 1.29 is 27.8 Å². The van der Waals surface area contributed by atoms with Crippen LogP contribution in [0.25, 0.3) is 10.9 Å². The summed E-state index contributed by atoms with van der Waals surface area (Å²) in [4.78, 5) is 16.2. The van der Waals surface area contributed by atoms with Gasteiger partial charge in [0.25, 0.3) is 0 Å². The van der Waals surface area contributed by atoms with E-state index >= 15 is 0 Å². The van der Waals surface area contributed by atoms with E-state index < -0.39 is 23.5 Å². The molecule has 0 fully saturated rings. The van der Waals surface area contributed by atoms with Crippen LogP contribution in [0.5, 0.6) is 17.2 Å². The standard InChI is InChI=1S/C23H13F3N4O3/c24-13-1-3-18(16(25)8-13)29-23(32)30-19-4-2-14(9-17(19)26)33-22-5-6-28-20-10-21(31)12(11-27)7-15(20)22/h1-10,31H,(H2,29,30,32). The molecule has 2 amide bonds. The number of nitrogens with zero attached hydrogens (tertiary/aromatic N) is 2. The molecule has 0 atom stereocenters. The molecule has 1 aromatic heterocycles. The fourth-order valence-electron chi connectivity index (χ4n) is 2.99. The summed E-state index contributed by atoms with van der Waals surface area (Å²) in [5.74, 6) is -2.50. The zero-order chi connectivity index (χ0) is 23.5. The first-order valence-electron chi connectivity index (χ1n) is 9.36. The maximum Gasteiger partial charge on any atom is 0.323 e. The number of hydrogen-bond donors (Lipinski definition) is 3. The molecule has 4 aromatic rings. The fourth-order valence-corrected chi connectivity index (χ4v) is 2.99.